The summed E-state index contributed by atoms with van der Waals surface area (Å²) in [5, 5.41) is 71.6. The molecular weight excluding hydrogens is 580 g/mol. The Hall–Kier alpha value is -1.99. The van der Waals surface area contributed by atoms with E-state index in [1.807, 2.05) is 19.6 Å². The van der Waals surface area contributed by atoms with Crippen LogP contribution in [-0.4, -0.2) is 184 Å². The van der Waals surface area contributed by atoms with Crippen molar-refractivity contribution < 1.29 is 50.1 Å². The molecule has 0 radical (unpaired) electrons. The summed E-state index contributed by atoms with van der Waals surface area (Å²) in [7, 11) is 0. The number of aliphatic carboxylic acids is 1. The fourth-order valence-electron chi connectivity index (χ4n) is 4.95. The average molecular weight is 637 g/mol. The first kappa shape index (κ1) is 40.0. The number of unbranched alkanes of at least 4 members (excludes halogenated alkanes) is 4. The van der Waals surface area contributed by atoms with Crippen molar-refractivity contribution in [3.8, 4) is 0 Å². The van der Waals surface area contributed by atoms with Gasteiger partial charge in [0.25, 0.3) is 0 Å². The molecule has 1 aliphatic rings. The van der Waals surface area contributed by atoms with Gasteiger partial charge < -0.3 is 46.4 Å². The molecule has 0 aromatic heterocycles. The molecule has 1 aliphatic heterocycles. The predicted molar refractivity (Wildman–Crippen MR) is 161 cm³/mol. The molecule has 0 aromatic rings. The van der Waals surface area contributed by atoms with Crippen molar-refractivity contribution >= 4 is 17.8 Å². The Morgan fingerprint density at radius 3 is 1.25 bits per heavy atom. The van der Waals surface area contributed by atoms with Crippen LogP contribution in [0, 0.1) is 0 Å². The Labute approximate surface area is 260 Å². The van der Waals surface area contributed by atoms with Crippen LogP contribution in [0.2, 0.25) is 0 Å². The molecule has 0 atom stereocenters. The number of carbonyl (C=O) groups excluding carboxylic acids is 2. The summed E-state index contributed by atoms with van der Waals surface area (Å²) >= 11 is 0. The van der Waals surface area contributed by atoms with Gasteiger partial charge in [0.1, 0.15) is 0 Å². The lowest BCUT2D eigenvalue weighted by molar-refractivity contribution is -0.137. The van der Waals surface area contributed by atoms with Crippen LogP contribution < -0.4 is 10.6 Å². The Kier molecular flexibility index (Phi) is 22.1. The van der Waals surface area contributed by atoms with Crippen LogP contribution >= 0.6 is 0 Å². The topological polar surface area (TPSA) is 230 Å². The van der Waals surface area contributed by atoms with Gasteiger partial charge in [-0.25, -0.2) is 0 Å². The van der Waals surface area contributed by atoms with E-state index in [-0.39, 0.29) is 44.4 Å². The minimum absolute atomic E-state index is 0.00209. The lowest BCUT2D eigenvalue weighted by Gasteiger charge is -2.34. The van der Waals surface area contributed by atoms with Gasteiger partial charge in [0.05, 0.1) is 6.54 Å². The summed E-state index contributed by atoms with van der Waals surface area (Å²) < 4.78 is 0. The molecule has 0 aliphatic carbocycles. The van der Waals surface area contributed by atoms with Crippen molar-refractivity contribution in [2.45, 2.75) is 70.2 Å². The second-order valence-electron chi connectivity index (χ2n) is 11.3. The quantitative estimate of drug-likeness (QED) is 0.0468. The largest absolute Gasteiger partial charge is 0.481 e. The second-order valence-corrected chi connectivity index (χ2v) is 11.3. The highest BCUT2D eigenvalue weighted by molar-refractivity contribution is 5.78. The van der Waals surface area contributed by atoms with Gasteiger partial charge in [0, 0.05) is 97.9 Å². The summed E-state index contributed by atoms with van der Waals surface area (Å²) in [6.45, 7) is 4.62. The third-order valence-electron chi connectivity index (χ3n) is 7.35. The number of hydrogen-bond donors (Lipinski definition) is 9. The van der Waals surface area contributed by atoms with E-state index >= 15 is 0 Å². The number of carboxylic acid groups (broad SMARTS) is 1. The molecule has 0 spiro atoms. The number of carbonyl (C=O) groups is 3. The Balaban J connectivity index is 2.49. The van der Waals surface area contributed by atoms with Gasteiger partial charge in [-0.05, 0) is 25.7 Å². The monoisotopic (exact) mass is 636 g/mol. The van der Waals surface area contributed by atoms with Crippen LogP contribution in [-0.2, 0) is 14.4 Å². The van der Waals surface area contributed by atoms with Crippen LogP contribution in [0.15, 0.2) is 0 Å². The van der Waals surface area contributed by atoms with Crippen LogP contribution in [0.4, 0.5) is 0 Å². The van der Waals surface area contributed by atoms with Gasteiger partial charge in [-0.3, -0.25) is 34.0 Å². The van der Waals surface area contributed by atoms with Gasteiger partial charge >= 0.3 is 5.97 Å². The summed E-state index contributed by atoms with van der Waals surface area (Å²) in [4.78, 5) is 42.6. The minimum Gasteiger partial charge on any atom is -0.481 e. The molecule has 1 heterocycles. The number of hydrogen-bond acceptors (Lipinski definition) is 13. The summed E-state index contributed by atoms with van der Waals surface area (Å²) in [5.41, 5.74) is 0. The second kappa shape index (κ2) is 24.3. The molecule has 9 N–H and O–H groups in total. The molecule has 16 nitrogen and oxygen atoms in total. The van der Waals surface area contributed by atoms with E-state index in [0.717, 1.165) is 25.7 Å². The first-order valence-electron chi connectivity index (χ1n) is 15.7. The van der Waals surface area contributed by atoms with Crippen LogP contribution in [0.3, 0.4) is 0 Å². The molecule has 1 saturated heterocycles. The highest BCUT2D eigenvalue weighted by Crippen LogP contribution is 2.04. The molecule has 0 aromatic carbocycles. The van der Waals surface area contributed by atoms with E-state index in [2.05, 4.69) is 10.6 Å². The van der Waals surface area contributed by atoms with Gasteiger partial charge in [0.2, 0.25) is 11.8 Å². The van der Waals surface area contributed by atoms with Crippen molar-refractivity contribution in [1.29, 1.82) is 0 Å². The minimum atomic E-state index is -1.54. The van der Waals surface area contributed by atoms with Gasteiger partial charge in [-0.1, -0.05) is 12.8 Å². The Morgan fingerprint density at radius 1 is 0.500 bits per heavy atom. The van der Waals surface area contributed by atoms with E-state index < -0.39 is 24.8 Å². The molecule has 1 fully saturated rings. The number of rotatable bonds is 20. The normalized spacial score (nSPS) is 17.1. The first-order chi connectivity index (χ1) is 20.9. The van der Waals surface area contributed by atoms with Crippen LogP contribution in [0.25, 0.3) is 0 Å². The third-order valence-corrected chi connectivity index (χ3v) is 7.35. The van der Waals surface area contributed by atoms with E-state index in [1.165, 1.54) is 0 Å². The predicted octanol–water partition coefficient (Wildman–Crippen LogP) is -3.42. The molecule has 258 valence electrons. The van der Waals surface area contributed by atoms with Crippen molar-refractivity contribution in [2.24, 2.45) is 0 Å². The van der Waals surface area contributed by atoms with Crippen LogP contribution in [0.1, 0.15) is 51.4 Å². The Bertz CT molecular complexity index is 766. The molecule has 0 saturated carbocycles. The van der Waals surface area contributed by atoms with E-state index in [1.54, 1.807) is 0 Å². The number of aliphatic hydroxyl groups is 6. The maximum absolute atomic E-state index is 12.7. The maximum atomic E-state index is 12.7. The van der Waals surface area contributed by atoms with Crippen molar-refractivity contribution in [2.75, 3.05) is 91.6 Å². The molecule has 44 heavy (non-hydrogen) atoms. The molecular formula is C28H56N6O10. The average Bonchev–Trinajstić information content (AvgIpc) is 2.92. The number of amides is 2. The summed E-state index contributed by atoms with van der Waals surface area (Å²) in [5.74, 6) is -1.01. The van der Waals surface area contributed by atoms with Gasteiger partial charge in [0.15, 0.2) is 18.9 Å². The number of carboxylic acids is 1. The van der Waals surface area contributed by atoms with Crippen molar-refractivity contribution in [3.63, 3.8) is 0 Å². The maximum Gasteiger partial charge on any atom is 0.303 e. The standard InChI is InChI=1S/C28H56N6O10/c35-23(29-9-6-2-4-8-25(37)38)7-3-1-5-10-30-24(36)19-31-11-13-32(20-26(39)40)15-17-34(22-28(43)44)18-16-33(14-12-31)21-27(41)42/h26-28,39-44H,1-22H2,(H,29,35)(H,30,36)(H,37,38). The van der Waals surface area contributed by atoms with Crippen molar-refractivity contribution in [1.82, 2.24) is 30.2 Å². The first-order valence-corrected chi connectivity index (χ1v) is 15.7. The fourth-order valence-corrected chi connectivity index (χ4v) is 4.95. The zero-order chi connectivity index (χ0) is 32.7. The van der Waals surface area contributed by atoms with E-state index in [4.69, 9.17) is 5.11 Å². The Morgan fingerprint density at radius 2 is 0.864 bits per heavy atom. The van der Waals surface area contributed by atoms with Crippen LogP contribution in [0.5, 0.6) is 0 Å². The number of β-amino-alcohol motifs (C(OH)–C–C–N with tert-alkyl or cyclic N) is 6. The van der Waals surface area contributed by atoms with Gasteiger partial charge in [-0.2, -0.15) is 0 Å². The number of aliphatic hydroxyl groups excluding tert-OH is 3. The smallest absolute Gasteiger partial charge is 0.303 e. The summed E-state index contributed by atoms with van der Waals surface area (Å²) in [6, 6.07) is 0. The molecule has 2 amide bonds. The molecule has 0 bridgehead atoms. The lowest BCUT2D eigenvalue weighted by Crippen LogP contribution is -2.50. The number of nitrogens with one attached hydrogen (secondary N) is 2. The van der Waals surface area contributed by atoms with E-state index in [9.17, 15) is 45.0 Å². The highest BCUT2D eigenvalue weighted by atomic mass is 16.5. The molecule has 1 rings (SSSR count). The van der Waals surface area contributed by atoms with Gasteiger partial charge in [-0.15, -0.1) is 0 Å². The molecule has 0 unspecified atom stereocenters. The van der Waals surface area contributed by atoms with E-state index in [0.29, 0.717) is 84.7 Å². The van der Waals surface area contributed by atoms with Crippen molar-refractivity contribution in [3.05, 3.63) is 0 Å². The fraction of sp³-hybridized carbons (Fsp3) is 0.893. The lowest BCUT2D eigenvalue weighted by atomic mass is 10.1. The highest BCUT2D eigenvalue weighted by Gasteiger charge is 2.20. The number of nitrogens with zero attached hydrogens (tertiary/aromatic N) is 4. The summed E-state index contributed by atoms with van der Waals surface area (Å²) in [6.07, 6.45) is 0.216. The third kappa shape index (κ3) is 22.5. The zero-order valence-electron chi connectivity index (χ0n) is 25.9. The zero-order valence-corrected chi connectivity index (χ0v) is 25.9. The molecule has 16 heteroatoms. The SMILES string of the molecule is O=C(O)CCCCCNC(=O)CCCCCNC(=O)CN1CCN(CC(O)O)CCN(CC(O)O)CCN(CC(O)O)CC1.